The minimum absolute atomic E-state index is 0.260. The molecular formula is C18H23NO2. The lowest BCUT2D eigenvalue weighted by atomic mass is 9.50. The van der Waals surface area contributed by atoms with Crippen molar-refractivity contribution >= 4 is 11.7 Å². The van der Waals surface area contributed by atoms with Gasteiger partial charge in [0.1, 0.15) is 0 Å². The molecule has 1 aromatic rings. The van der Waals surface area contributed by atoms with Crippen molar-refractivity contribution in [1.82, 2.24) is 0 Å². The number of nitrogens with two attached hydrogens (primary N) is 1. The summed E-state index contributed by atoms with van der Waals surface area (Å²) in [6.45, 7) is 0.587. The molecule has 4 saturated carbocycles. The van der Waals surface area contributed by atoms with Gasteiger partial charge in [0.05, 0.1) is 12.2 Å². The van der Waals surface area contributed by atoms with E-state index in [1.807, 2.05) is 12.1 Å². The Morgan fingerprint density at radius 2 is 1.67 bits per heavy atom. The molecule has 4 bridgehead atoms. The Bertz CT molecular complexity index is 531. The van der Waals surface area contributed by atoms with Crippen molar-refractivity contribution in [2.24, 2.45) is 23.2 Å². The first-order chi connectivity index (χ1) is 10.1. The van der Waals surface area contributed by atoms with Crippen LogP contribution in [0.4, 0.5) is 5.69 Å². The number of carbonyl (C=O) groups excluding carboxylic acids is 1. The van der Waals surface area contributed by atoms with Gasteiger partial charge < -0.3 is 10.5 Å². The first kappa shape index (κ1) is 13.2. The third kappa shape index (κ3) is 2.33. The van der Waals surface area contributed by atoms with Crippen molar-refractivity contribution in [3.8, 4) is 0 Å². The van der Waals surface area contributed by atoms with Gasteiger partial charge in [0, 0.05) is 11.1 Å². The maximum Gasteiger partial charge on any atom is 0.340 e. The van der Waals surface area contributed by atoms with Crippen LogP contribution in [0.25, 0.3) is 0 Å². The highest BCUT2D eigenvalue weighted by Gasteiger charge is 2.51. The van der Waals surface area contributed by atoms with Crippen LogP contribution in [0.3, 0.4) is 0 Å². The average Bonchev–Trinajstić information content (AvgIpc) is 2.44. The highest BCUT2D eigenvalue weighted by molar-refractivity contribution is 5.94. The Labute approximate surface area is 125 Å². The number of ether oxygens (including phenoxy) is 1. The lowest BCUT2D eigenvalue weighted by Crippen LogP contribution is -2.48. The maximum absolute atomic E-state index is 12.3. The second-order valence-electron chi connectivity index (χ2n) is 7.58. The summed E-state index contributed by atoms with van der Waals surface area (Å²) in [6.07, 6.45) is 8.03. The number of carbonyl (C=O) groups is 1. The minimum Gasteiger partial charge on any atom is -0.461 e. The number of esters is 1. The number of anilines is 1. The predicted molar refractivity (Wildman–Crippen MR) is 81.7 cm³/mol. The Morgan fingerprint density at radius 3 is 2.24 bits per heavy atom. The molecule has 1 aromatic carbocycles. The summed E-state index contributed by atoms with van der Waals surface area (Å²) in [5, 5.41) is 0. The standard InChI is InChI=1S/C18H23NO2/c19-16-4-2-1-3-15(16)17(20)21-11-18-8-12-5-13(9-18)7-14(6-12)10-18/h1-4,12-14H,5-11,19H2. The molecule has 0 unspecified atom stereocenters. The Morgan fingerprint density at radius 1 is 1.10 bits per heavy atom. The molecule has 21 heavy (non-hydrogen) atoms. The number of nitrogen functional groups attached to an aromatic ring is 1. The summed E-state index contributed by atoms with van der Waals surface area (Å²) in [4.78, 5) is 12.3. The van der Waals surface area contributed by atoms with Crippen LogP contribution in [-0.2, 0) is 4.74 Å². The largest absolute Gasteiger partial charge is 0.461 e. The third-order valence-electron chi connectivity index (χ3n) is 5.86. The van der Waals surface area contributed by atoms with Crippen LogP contribution in [0.1, 0.15) is 48.9 Å². The fraction of sp³-hybridized carbons (Fsp3) is 0.611. The lowest BCUT2D eigenvalue weighted by Gasteiger charge is -2.56. The van der Waals surface area contributed by atoms with Crippen LogP contribution in [0.15, 0.2) is 24.3 Å². The maximum atomic E-state index is 12.3. The molecule has 3 heteroatoms. The molecule has 0 amide bonds. The molecule has 4 fully saturated rings. The number of para-hydroxylation sites is 1. The summed E-state index contributed by atoms with van der Waals surface area (Å²) in [7, 11) is 0. The van der Waals surface area contributed by atoms with E-state index in [2.05, 4.69) is 0 Å². The lowest BCUT2D eigenvalue weighted by molar-refractivity contribution is -0.0848. The molecule has 0 spiro atoms. The summed E-state index contributed by atoms with van der Waals surface area (Å²) in [6, 6.07) is 7.17. The van der Waals surface area contributed by atoms with Gasteiger partial charge in [-0.15, -0.1) is 0 Å². The van der Waals surface area contributed by atoms with E-state index in [4.69, 9.17) is 10.5 Å². The van der Waals surface area contributed by atoms with Crippen molar-refractivity contribution in [3.05, 3.63) is 29.8 Å². The zero-order valence-corrected chi connectivity index (χ0v) is 12.4. The molecule has 0 heterocycles. The molecule has 3 nitrogen and oxygen atoms in total. The van der Waals surface area contributed by atoms with Crippen molar-refractivity contribution in [2.45, 2.75) is 38.5 Å². The van der Waals surface area contributed by atoms with Gasteiger partial charge >= 0.3 is 5.97 Å². The van der Waals surface area contributed by atoms with Crippen LogP contribution >= 0.6 is 0 Å². The average molecular weight is 285 g/mol. The smallest absolute Gasteiger partial charge is 0.340 e. The van der Waals surface area contributed by atoms with Crippen molar-refractivity contribution < 1.29 is 9.53 Å². The predicted octanol–water partition coefficient (Wildman–Crippen LogP) is 3.64. The Hall–Kier alpha value is -1.51. The number of benzene rings is 1. The van der Waals surface area contributed by atoms with Gasteiger partial charge in [-0.2, -0.15) is 0 Å². The number of hydrogen-bond acceptors (Lipinski definition) is 3. The molecular weight excluding hydrogens is 262 g/mol. The fourth-order valence-electron chi connectivity index (χ4n) is 5.45. The van der Waals surface area contributed by atoms with E-state index in [0.29, 0.717) is 17.9 Å². The summed E-state index contributed by atoms with van der Waals surface area (Å²) >= 11 is 0. The van der Waals surface area contributed by atoms with Crippen LogP contribution in [0.5, 0.6) is 0 Å². The van der Waals surface area contributed by atoms with E-state index < -0.39 is 0 Å². The monoisotopic (exact) mass is 285 g/mol. The summed E-state index contributed by atoms with van der Waals surface area (Å²) in [5.41, 5.74) is 7.14. The van der Waals surface area contributed by atoms with E-state index in [-0.39, 0.29) is 11.4 Å². The van der Waals surface area contributed by atoms with Crippen molar-refractivity contribution in [3.63, 3.8) is 0 Å². The van der Waals surface area contributed by atoms with E-state index in [9.17, 15) is 4.79 Å². The van der Waals surface area contributed by atoms with Crippen LogP contribution in [0, 0.1) is 23.2 Å². The topological polar surface area (TPSA) is 52.3 Å². The van der Waals surface area contributed by atoms with E-state index in [1.54, 1.807) is 12.1 Å². The molecule has 5 rings (SSSR count). The van der Waals surface area contributed by atoms with Crippen LogP contribution in [0.2, 0.25) is 0 Å². The number of hydrogen-bond donors (Lipinski definition) is 1. The van der Waals surface area contributed by atoms with Crippen LogP contribution < -0.4 is 5.73 Å². The quantitative estimate of drug-likeness (QED) is 0.681. The molecule has 2 N–H and O–H groups in total. The second kappa shape index (κ2) is 4.75. The van der Waals surface area contributed by atoms with Crippen molar-refractivity contribution in [2.75, 3.05) is 12.3 Å². The number of rotatable bonds is 3. The normalized spacial score (nSPS) is 36.7. The molecule has 4 aliphatic rings. The van der Waals surface area contributed by atoms with Gasteiger partial charge in [-0.3, -0.25) is 0 Å². The highest BCUT2D eigenvalue weighted by Crippen LogP contribution is 2.60. The van der Waals surface area contributed by atoms with Gasteiger partial charge in [0.25, 0.3) is 0 Å². The fourth-order valence-corrected chi connectivity index (χ4v) is 5.45. The molecule has 0 atom stereocenters. The van der Waals surface area contributed by atoms with E-state index >= 15 is 0 Å². The molecule has 0 radical (unpaired) electrons. The van der Waals surface area contributed by atoms with Gasteiger partial charge in [-0.1, -0.05) is 12.1 Å². The second-order valence-corrected chi connectivity index (χ2v) is 7.58. The van der Waals surface area contributed by atoms with Gasteiger partial charge in [0.15, 0.2) is 0 Å². The zero-order chi connectivity index (χ0) is 14.4. The van der Waals surface area contributed by atoms with Gasteiger partial charge in [0.2, 0.25) is 0 Å². The molecule has 0 aliphatic heterocycles. The van der Waals surface area contributed by atoms with Crippen LogP contribution in [-0.4, -0.2) is 12.6 Å². The van der Waals surface area contributed by atoms with E-state index in [0.717, 1.165) is 17.8 Å². The third-order valence-corrected chi connectivity index (χ3v) is 5.86. The highest BCUT2D eigenvalue weighted by atomic mass is 16.5. The molecule has 112 valence electrons. The Kier molecular flexibility index (Phi) is 2.98. The Balaban J connectivity index is 1.45. The molecule has 0 saturated heterocycles. The summed E-state index contributed by atoms with van der Waals surface area (Å²) in [5.74, 6) is 2.40. The van der Waals surface area contributed by atoms with Gasteiger partial charge in [-0.25, -0.2) is 4.79 Å². The molecule has 4 aliphatic carbocycles. The minimum atomic E-state index is -0.260. The van der Waals surface area contributed by atoms with Crippen molar-refractivity contribution in [1.29, 1.82) is 0 Å². The SMILES string of the molecule is Nc1ccccc1C(=O)OCC12CC3CC(CC(C3)C1)C2. The summed E-state index contributed by atoms with van der Waals surface area (Å²) < 4.78 is 5.67. The molecule has 0 aromatic heterocycles. The van der Waals surface area contributed by atoms with E-state index in [1.165, 1.54) is 38.5 Å². The first-order valence-corrected chi connectivity index (χ1v) is 8.15. The first-order valence-electron chi connectivity index (χ1n) is 8.15. The zero-order valence-electron chi connectivity index (χ0n) is 12.4. The van der Waals surface area contributed by atoms with Gasteiger partial charge in [-0.05, 0) is 68.4 Å².